The number of hydrogen-bond acceptors (Lipinski definition) is 3. The fraction of sp³-hybridized carbons (Fsp3) is 0.727. The Bertz CT molecular complexity index is 699. The van der Waals surface area contributed by atoms with Crippen LogP contribution in [0.1, 0.15) is 65.7 Å². The summed E-state index contributed by atoms with van der Waals surface area (Å²) in [5.41, 5.74) is 2.93. The molecule has 0 radical (unpaired) electrons. The van der Waals surface area contributed by atoms with E-state index in [1.165, 1.54) is 18.9 Å². The Morgan fingerprint density at radius 3 is 2.64 bits per heavy atom. The quantitative estimate of drug-likeness (QED) is 0.502. The molecule has 0 aromatic heterocycles. The molecule has 0 N–H and O–H groups in total. The van der Waals surface area contributed by atoms with Crippen LogP contribution in [0.15, 0.2) is 23.3 Å². The molecule has 4 aliphatic carbocycles. The standard InChI is InChI=1S/C22H29NO2/c1-14(24)25-17-8-10-21(2)15(12-17)4-6-18-19-7-5-16(13-23)22(19,3)11-9-20(18)21/h4-5,17-20H,6-12H2,1-3H3/t17-,18-,19+,20+,21+,22-/m0/s1. The van der Waals surface area contributed by atoms with Crippen LogP contribution in [0.5, 0.6) is 0 Å². The fourth-order valence-electron chi connectivity index (χ4n) is 6.70. The molecule has 0 aromatic rings. The second-order valence-corrected chi connectivity index (χ2v) is 9.16. The lowest BCUT2D eigenvalue weighted by molar-refractivity contribution is -0.148. The van der Waals surface area contributed by atoms with Crippen LogP contribution in [0.3, 0.4) is 0 Å². The van der Waals surface area contributed by atoms with Crippen LogP contribution in [0.2, 0.25) is 0 Å². The number of rotatable bonds is 1. The Morgan fingerprint density at radius 1 is 1.16 bits per heavy atom. The Labute approximate surface area is 151 Å². The number of nitrogens with zero attached hydrogens (tertiary/aromatic N) is 1. The molecule has 3 heteroatoms. The molecule has 2 saturated carbocycles. The van der Waals surface area contributed by atoms with Crippen molar-refractivity contribution in [3.8, 4) is 6.07 Å². The first-order valence-electron chi connectivity index (χ1n) is 9.86. The zero-order valence-corrected chi connectivity index (χ0v) is 15.7. The predicted molar refractivity (Wildman–Crippen MR) is 96.3 cm³/mol. The Balaban J connectivity index is 1.59. The van der Waals surface area contributed by atoms with Crippen LogP contribution in [-0.4, -0.2) is 12.1 Å². The Hall–Kier alpha value is -1.56. The third kappa shape index (κ3) is 2.40. The van der Waals surface area contributed by atoms with Crippen molar-refractivity contribution in [2.75, 3.05) is 0 Å². The molecule has 0 spiro atoms. The molecule has 4 rings (SSSR count). The summed E-state index contributed by atoms with van der Waals surface area (Å²) in [6.45, 7) is 6.30. The normalized spacial score (nSPS) is 45.2. The number of ether oxygens (including phenoxy) is 1. The second kappa shape index (κ2) is 5.73. The minimum absolute atomic E-state index is 0.0700. The number of allylic oxidation sites excluding steroid dienone is 3. The van der Waals surface area contributed by atoms with E-state index in [9.17, 15) is 10.1 Å². The van der Waals surface area contributed by atoms with E-state index in [-0.39, 0.29) is 22.9 Å². The highest BCUT2D eigenvalue weighted by Gasteiger charge is 2.56. The van der Waals surface area contributed by atoms with Gasteiger partial charge in [0.1, 0.15) is 6.10 Å². The largest absolute Gasteiger partial charge is 0.462 e. The van der Waals surface area contributed by atoms with E-state index in [0.717, 1.165) is 50.0 Å². The average Bonchev–Trinajstić information content (AvgIpc) is 2.91. The number of fused-ring (bicyclic) bond motifs is 5. The lowest BCUT2D eigenvalue weighted by Crippen LogP contribution is -2.50. The third-order valence-corrected chi connectivity index (χ3v) is 8.09. The molecule has 25 heavy (non-hydrogen) atoms. The van der Waals surface area contributed by atoms with Crippen LogP contribution >= 0.6 is 0 Å². The van der Waals surface area contributed by atoms with Gasteiger partial charge in [0.25, 0.3) is 0 Å². The molecule has 3 nitrogen and oxygen atoms in total. The van der Waals surface area contributed by atoms with E-state index in [1.54, 1.807) is 0 Å². The molecular weight excluding hydrogens is 310 g/mol. The fourth-order valence-corrected chi connectivity index (χ4v) is 6.70. The van der Waals surface area contributed by atoms with Crippen molar-refractivity contribution >= 4 is 5.97 Å². The van der Waals surface area contributed by atoms with E-state index in [4.69, 9.17) is 4.74 Å². The zero-order chi connectivity index (χ0) is 17.8. The van der Waals surface area contributed by atoms with Gasteiger partial charge in [-0.3, -0.25) is 4.79 Å². The molecule has 4 aliphatic rings. The van der Waals surface area contributed by atoms with Gasteiger partial charge in [-0.05, 0) is 61.7 Å². The van der Waals surface area contributed by atoms with Gasteiger partial charge in [0, 0.05) is 24.3 Å². The van der Waals surface area contributed by atoms with E-state index in [0.29, 0.717) is 11.8 Å². The Morgan fingerprint density at radius 2 is 1.92 bits per heavy atom. The first-order valence-corrected chi connectivity index (χ1v) is 9.86. The summed E-state index contributed by atoms with van der Waals surface area (Å²) in [5.74, 6) is 1.88. The highest BCUT2D eigenvalue weighted by molar-refractivity contribution is 5.66. The van der Waals surface area contributed by atoms with Gasteiger partial charge in [-0.25, -0.2) is 0 Å². The lowest BCUT2D eigenvalue weighted by Gasteiger charge is -2.57. The maximum Gasteiger partial charge on any atom is 0.302 e. The highest BCUT2D eigenvalue weighted by atomic mass is 16.5. The van der Waals surface area contributed by atoms with E-state index < -0.39 is 0 Å². The van der Waals surface area contributed by atoms with Gasteiger partial charge in [0.15, 0.2) is 0 Å². The first kappa shape index (κ1) is 16.9. The van der Waals surface area contributed by atoms with Crippen molar-refractivity contribution in [2.24, 2.45) is 28.6 Å². The number of nitriles is 1. The van der Waals surface area contributed by atoms with E-state index >= 15 is 0 Å². The van der Waals surface area contributed by atoms with Crippen LogP contribution in [0, 0.1) is 39.9 Å². The molecule has 0 saturated heterocycles. The summed E-state index contributed by atoms with van der Waals surface area (Å²) in [4.78, 5) is 11.3. The number of hydrogen-bond donors (Lipinski definition) is 0. The molecule has 0 heterocycles. The second-order valence-electron chi connectivity index (χ2n) is 9.16. The molecule has 0 aliphatic heterocycles. The summed E-state index contributed by atoms with van der Waals surface area (Å²) < 4.78 is 5.51. The average molecular weight is 339 g/mol. The monoisotopic (exact) mass is 339 g/mol. The van der Waals surface area contributed by atoms with Crippen molar-refractivity contribution in [3.05, 3.63) is 23.3 Å². The maximum absolute atomic E-state index is 11.3. The lowest BCUT2D eigenvalue weighted by atomic mass is 9.47. The van der Waals surface area contributed by atoms with Crippen LogP contribution < -0.4 is 0 Å². The van der Waals surface area contributed by atoms with Crippen molar-refractivity contribution in [1.82, 2.24) is 0 Å². The number of carbonyl (C=O) groups excluding carboxylic acids is 1. The minimum Gasteiger partial charge on any atom is -0.462 e. The van der Waals surface area contributed by atoms with Gasteiger partial charge in [0.05, 0.1) is 6.07 Å². The number of carbonyl (C=O) groups is 1. The van der Waals surface area contributed by atoms with Crippen LogP contribution in [0.25, 0.3) is 0 Å². The highest BCUT2D eigenvalue weighted by Crippen LogP contribution is 2.64. The topological polar surface area (TPSA) is 50.1 Å². The summed E-state index contributed by atoms with van der Waals surface area (Å²) >= 11 is 0. The van der Waals surface area contributed by atoms with Crippen LogP contribution in [-0.2, 0) is 9.53 Å². The molecule has 2 fully saturated rings. The van der Waals surface area contributed by atoms with Crippen molar-refractivity contribution in [3.63, 3.8) is 0 Å². The summed E-state index contributed by atoms with van der Waals surface area (Å²) in [6.07, 6.45) is 12.4. The van der Waals surface area contributed by atoms with E-state index in [1.807, 2.05) is 0 Å². The third-order valence-electron chi connectivity index (χ3n) is 8.09. The Kier molecular flexibility index (Phi) is 3.87. The molecule has 134 valence electrons. The van der Waals surface area contributed by atoms with Gasteiger partial charge in [-0.2, -0.15) is 5.26 Å². The van der Waals surface area contributed by atoms with Crippen LogP contribution in [0.4, 0.5) is 0 Å². The molecule has 0 aromatic carbocycles. The van der Waals surface area contributed by atoms with Gasteiger partial charge >= 0.3 is 5.97 Å². The zero-order valence-electron chi connectivity index (χ0n) is 15.7. The van der Waals surface area contributed by atoms with Gasteiger partial charge in [-0.1, -0.05) is 31.6 Å². The first-order chi connectivity index (χ1) is 11.9. The van der Waals surface area contributed by atoms with Crippen molar-refractivity contribution < 1.29 is 9.53 Å². The maximum atomic E-state index is 11.3. The van der Waals surface area contributed by atoms with Gasteiger partial charge < -0.3 is 4.74 Å². The van der Waals surface area contributed by atoms with Crippen molar-refractivity contribution in [2.45, 2.75) is 71.8 Å². The smallest absolute Gasteiger partial charge is 0.302 e. The molecule has 6 atom stereocenters. The van der Waals surface area contributed by atoms with Gasteiger partial charge in [0.2, 0.25) is 0 Å². The van der Waals surface area contributed by atoms with Crippen molar-refractivity contribution in [1.29, 1.82) is 5.26 Å². The minimum atomic E-state index is -0.155. The number of esters is 1. The SMILES string of the molecule is CC(=O)O[C@H]1CC[C@]2(C)C(=CC[C@H]3[C@H]4CC=C(C#N)[C@]4(C)CC[C@H]32)C1. The molecule has 0 amide bonds. The molecule has 0 unspecified atom stereocenters. The summed E-state index contributed by atoms with van der Waals surface area (Å²) in [5, 5.41) is 9.53. The van der Waals surface area contributed by atoms with E-state index in [2.05, 4.69) is 32.1 Å². The molecular formula is C22H29NO2. The van der Waals surface area contributed by atoms with Gasteiger partial charge in [-0.15, -0.1) is 0 Å². The predicted octanol–water partition coefficient (Wildman–Crippen LogP) is 4.94. The summed E-state index contributed by atoms with van der Waals surface area (Å²) in [6, 6.07) is 2.49. The molecule has 0 bridgehead atoms. The summed E-state index contributed by atoms with van der Waals surface area (Å²) in [7, 11) is 0.